The van der Waals surface area contributed by atoms with Gasteiger partial charge in [0.2, 0.25) is 11.8 Å². The van der Waals surface area contributed by atoms with Crippen LogP contribution in [-0.4, -0.2) is 29.8 Å². The van der Waals surface area contributed by atoms with Gasteiger partial charge in [-0.05, 0) is 48.1 Å². The number of halogens is 1. The van der Waals surface area contributed by atoms with E-state index in [0.29, 0.717) is 30.3 Å². The smallest absolute Gasteiger partial charge is 0.242 e. The maximum Gasteiger partial charge on any atom is 0.242 e. The van der Waals surface area contributed by atoms with Crippen LogP contribution in [0.25, 0.3) is 0 Å². The molecule has 0 unspecified atom stereocenters. The minimum absolute atomic E-state index is 0.0518. The summed E-state index contributed by atoms with van der Waals surface area (Å²) in [5, 5.41) is 3.24. The molecule has 28 heavy (non-hydrogen) atoms. The van der Waals surface area contributed by atoms with Crippen LogP contribution in [0.1, 0.15) is 49.8 Å². The van der Waals surface area contributed by atoms with Crippen molar-refractivity contribution in [3.05, 3.63) is 70.2 Å². The van der Waals surface area contributed by atoms with Crippen molar-refractivity contribution in [3.63, 3.8) is 0 Å². The van der Waals surface area contributed by atoms with Crippen molar-refractivity contribution in [3.8, 4) is 0 Å². The van der Waals surface area contributed by atoms with Gasteiger partial charge in [-0.25, -0.2) is 0 Å². The van der Waals surface area contributed by atoms with E-state index in [9.17, 15) is 9.59 Å². The first-order valence-corrected chi connectivity index (χ1v) is 10.0. The molecule has 1 N–H and O–H groups in total. The zero-order valence-electron chi connectivity index (χ0n) is 17.0. The van der Waals surface area contributed by atoms with Crippen LogP contribution in [0.3, 0.4) is 0 Å². The van der Waals surface area contributed by atoms with Crippen molar-refractivity contribution in [1.29, 1.82) is 0 Å². The number of carbonyl (C=O) groups is 2. The fourth-order valence-corrected chi connectivity index (χ4v) is 3.30. The molecule has 0 fully saturated rings. The zero-order valence-corrected chi connectivity index (χ0v) is 17.8. The maximum absolute atomic E-state index is 13.0. The Balaban J connectivity index is 2.10. The van der Waals surface area contributed by atoms with E-state index >= 15 is 0 Å². The predicted molar refractivity (Wildman–Crippen MR) is 114 cm³/mol. The predicted octanol–water partition coefficient (Wildman–Crippen LogP) is 4.56. The van der Waals surface area contributed by atoms with E-state index in [4.69, 9.17) is 11.6 Å². The first-order valence-electron chi connectivity index (χ1n) is 9.66. The summed E-state index contributed by atoms with van der Waals surface area (Å²) in [6.45, 7) is 6.41. The summed E-state index contributed by atoms with van der Waals surface area (Å²) in [7, 11) is 1.58. The molecule has 4 nitrogen and oxygen atoms in total. The first-order chi connectivity index (χ1) is 13.3. The molecule has 0 radical (unpaired) electrons. The number of hydrogen-bond donors (Lipinski definition) is 1. The fourth-order valence-electron chi connectivity index (χ4n) is 3.09. The molecule has 2 rings (SSSR count). The molecular formula is C23H29ClN2O2. The molecule has 0 aliphatic carbocycles. The molecule has 150 valence electrons. The van der Waals surface area contributed by atoms with E-state index in [1.165, 1.54) is 5.56 Å². The Kier molecular flexibility index (Phi) is 8.06. The topological polar surface area (TPSA) is 49.4 Å². The molecule has 0 saturated carbocycles. The Hall–Kier alpha value is -2.33. The van der Waals surface area contributed by atoms with E-state index in [0.717, 1.165) is 11.1 Å². The first kappa shape index (κ1) is 22.0. The number of aryl methyl sites for hydroxylation is 1. The van der Waals surface area contributed by atoms with Crippen molar-refractivity contribution in [1.82, 2.24) is 10.2 Å². The minimum Gasteiger partial charge on any atom is -0.357 e. The molecule has 0 aliphatic heterocycles. The second kappa shape index (κ2) is 10.3. The lowest BCUT2D eigenvalue weighted by Crippen LogP contribution is -2.46. The van der Waals surface area contributed by atoms with Gasteiger partial charge in [-0.2, -0.15) is 0 Å². The van der Waals surface area contributed by atoms with E-state index in [2.05, 4.69) is 43.4 Å². The van der Waals surface area contributed by atoms with Crippen LogP contribution in [-0.2, 0) is 22.6 Å². The van der Waals surface area contributed by atoms with Gasteiger partial charge in [-0.1, -0.05) is 61.8 Å². The largest absolute Gasteiger partial charge is 0.357 e. The quantitative estimate of drug-likeness (QED) is 0.706. The molecule has 0 spiro atoms. The van der Waals surface area contributed by atoms with Gasteiger partial charge >= 0.3 is 0 Å². The highest BCUT2D eigenvalue weighted by Crippen LogP contribution is 2.18. The molecule has 0 heterocycles. The molecular weight excluding hydrogens is 372 g/mol. The van der Waals surface area contributed by atoms with E-state index in [1.807, 2.05) is 18.2 Å². The van der Waals surface area contributed by atoms with Crippen LogP contribution < -0.4 is 5.32 Å². The summed E-state index contributed by atoms with van der Waals surface area (Å²) in [4.78, 5) is 26.7. The van der Waals surface area contributed by atoms with Gasteiger partial charge in [-0.15, -0.1) is 0 Å². The summed E-state index contributed by atoms with van der Waals surface area (Å²) < 4.78 is 0. The van der Waals surface area contributed by atoms with Crippen LogP contribution in [0.15, 0.2) is 48.5 Å². The second-order valence-corrected chi connectivity index (χ2v) is 7.77. The van der Waals surface area contributed by atoms with Gasteiger partial charge in [-0.3, -0.25) is 9.59 Å². The maximum atomic E-state index is 13.0. The van der Waals surface area contributed by atoms with Crippen LogP contribution in [0.4, 0.5) is 0 Å². The fraction of sp³-hybridized carbons (Fsp3) is 0.391. The second-order valence-electron chi connectivity index (χ2n) is 7.34. The van der Waals surface area contributed by atoms with Crippen molar-refractivity contribution in [2.24, 2.45) is 0 Å². The number of likely N-dealkylation sites (N-methyl/N-ethyl adjacent to an activating group) is 1. The lowest BCUT2D eigenvalue weighted by atomic mass is 10.00. The van der Waals surface area contributed by atoms with Crippen molar-refractivity contribution in [2.75, 3.05) is 7.05 Å². The molecule has 2 aromatic rings. The Bertz CT molecular complexity index is 803. The molecule has 0 aliphatic rings. The third-order valence-electron chi connectivity index (χ3n) is 4.93. The van der Waals surface area contributed by atoms with Gasteiger partial charge in [0.25, 0.3) is 0 Å². The number of benzene rings is 2. The Morgan fingerprint density at radius 1 is 1.04 bits per heavy atom. The lowest BCUT2D eigenvalue weighted by molar-refractivity contribution is -0.140. The molecule has 0 bridgehead atoms. The monoisotopic (exact) mass is 400 g/mol. The average Bonchev–Trinajstić information content (AvgIpc) is 2.69. The number of amides is 2. The lowest BCUT2D eigenvalue weighted by Gasteiger charge is -2.28. The summed E-state index contributed by atoms with van der Waals surface area (Å²) in [5.74, 6) is 0.248. The average molecular weight is 401 g/mol. The summed E-state index contributed by atoms with van der Waals surface area (Å²) >= 11 is 6.07. The Labute approximate surface area is 172 Å². The highest BCUT2D eigenvalue weighted by atomic mass is 35.5. The van der Waals surface area contributed by atoms with E-state index in [1.54, 1.807) is 24.9 Å². The number of rotatable bonds is 8. The summed E-state index contributed by atoms with van der Waals surface area (Å²) in [5.41, 5.74) is 3.30. The molecule has 2 aromatic carbocycles. The van der Waals surface area contributed by atoms with Crippen LogP contribution in [0.2, 0.25) is 5.02 Å². The van der Waals surface area contributed by atoms with Crippen molar-refractivity contribution in [2.45, 2.75) is 52.1 Å². The standard InChI is InChI=1S/C23H29ClN2O2/c1-16(2)20-11-8-18(9-12-20)10-13-22(27)26(17(3)23(28)25-4)15-19-6-5-7-21(24)14-19/h5-9,11-12,14,16-17H,10,13,15H2,1-4H3,(H,25,28)/t17-/m0/s1. The summed E-state index contributed by atoms with van der Waals surface area (Å²) in [6, 6.07) is 15.2. The third kappa shape index (κ3) is 6.10. The molecule has 1 atom stereocenters. The number of nitrogens with one attached hydrogen (secondary N) is 1. The Morgan fingerprint density at radius 2 is 1.71 bits per heavy atom. The van der Waals surface area contributed by atoms with E-state index < -0.39 is 6.04 Å². The molecule has 0 saturated heterocycles. The van der Waals surface area contributed by atoms with Gasteiger partial charge in [0, 0.05) is 25.0 Å². The van der Waals surface area contributed by atoms with Crippen LogP contribution >= 0.6 is 11.6 Å². The highest BCUT2D eigenvalue weighted by Gasteiger charge is 2.25. The van der Waals surface area contributed by atoms with Crippen molar-refractivity contribution >= 4 is 23.4 Å². The molecule has 5 heteroatoms. The van der Waals surface area contributed by atoms with Gasteiger partial charge in [0.1, 0.15) is 6.04 Å². The molecule has 2 amide bonds. The Morgan fingerprint density at radius 3 is 2.29 bits per heavy atom. The van der Waals surface area contributed by atoms with Gasteiger partial charge < -0.3 is 10.2 Å². The van der Waals surface area contributed by atoms with Gasteiger partial charge in [0.05, 0.1) is 0 Å². The number of hydrogen-bond acceptors (Lipinski definition) is 2. The van der Waals surface area contributed by atoms with Crippen molar-refractivity contribution < 1.29 is 9.59 Å². The third-order valence-corrected chi connectivity index (χ3v) is 5.16. The SMILES string of the molecule is CNC(=O)[C@H](C)N(Cc1cccc(Cl)c1)C(=O)CCc1ccc(C(C)C)cc1. The summed E-state index contributed by atoms with van der Waals surface area (Å²) in [6.07, 6.45) is 0.993. The van der Waals surface area contributed by atoms with Crippen LogP contribution in [0.5, 0.6) is 0 Å². The number of nitrogens with zero attached hydrogens (tertiary/aromatic N) is 1. The van der Waals surface area contributed by atoms with E-state index in [-0.39, 0.29) is 11.8 Å². The highest BCUT2D eigenvalue weighted by molar-refractivity contribution is 6.30. The molecule has 0 aromatic heterocycles. The number of carbonyl (C=O) groups excluding carboxylic acids is 2. The zero-order chi connectivity index (χ0) is 20.7. The van der Waals surface area contributed by atoms with Gasteiger partial charge in [0.15, 0.2) is 0 Å². The normalized spacial score (nSPS) is 11.9. The van der Waals surface area contributed by atoms with Crippen LogP contribution in [0, 0.1) is 0 Å². The minimum atomic E-state index is -0.556.